The predicted molar refractivity (Wildman–Crippen MR) is 92.8 cm³/mol. The summed E-state index contributed by atoms with van der Waals surface area (Å²) in [4.78, 5) is 12.7. The van der Waals surface area contributed by atoms with E-state index in [1.165, 1.54) is 0 Å². The Kier molecular flexibility index (Phi) is 6.05. The second-order valence-corrected chi connectivity index (χ2v) is 6.91. The summed E-state index contributed by atoms with van der Waals surface area (Å²) in [5.41, 5.74) is 0.0573. The minimum Gasteiger partial charge on any atom is -0.493 e. The van der Waals surface area contributed by atoms with Gasteiger partial charge >= 0.3 is 0 Å². The summed E-state index contributed by atoms with van der Waals surface area (Å²) in [5.74, 6) is 1.60. The standard InChI is InChI=1S/C19H29NO3/c1-5-12-23-19(4,15-6-7-15)18(21)20-16-8-10-17(11-9-16)22-13-14(2)3/h8-11,14-15H,5-7,12-13H2,1-4H3,(H,20,21)/t19-/m0/s1. The van der Waals surface area contributed by atoms with Crippen LogP contribution in [0.1, 0.15) is 47.0 Å². The molecule has 1 atom stereocenters. The summed E-state index contributed by atoms with van der Waals surface area (Å²) in [6.45, 7) is 9.50. The van der Waals surface area contributed by atoms with E-state index in [1.54, 1.807) is 0 Å². The van der Waals surface area contributed by atoms with E-state index in [9.17, 15) is 4.79 Å². The monoisotopic (exact) mass is 319 g/mol. The Bertz CT molecular complexity index is 508. The molecule has 1 amide bonds. The third kappa shape index (κ3) is 4.96. The minimum absolute atomic E-state index is 0.0516. The average Bonchev–Trinajstić information content (AvgIpc) is 3.37. The summed E-state index contributed by atoms with van der Waals surface area (Å²) >= 11 is 0. The Morgan fingerprint density at radius 3 is 2.48 bits per heavy atom. The number of anilines is 1. The van der Waals surface area contributed by atoms with Crippen LogP contribution in [0.3, 0.4) is 0 Å². The van der Waals surface area contributed by atoms with E-state index in [-0.39, 0.29) is 5.91 Å². The predicted octanol–water partition coefficient (Wildman–Crippen LogP) is 4.26. The first kappa shape index (κ1) is 17.8. The van der Waals surface area contributed by atoms with Crippen molar-refractivity contribution in [2.24, 2.45) is 11.8 Å². The summed E-state index contributed by atoms with van der Waals surface area (Å²) in [7, 11) is 0. The zero-order chi connectivity index (χ0) is 16.9. The summed E-state index contributed by atoms with van der Waals surface area (Å²) in [6.07, 6.45) is 3.04. The number of benzene rings is 1. The van der Waals surface area contributed by atoms with E-state index in [0.29, 0.717) is 25.0 Å². The van der Waals surface area contributed by atoms with Crippen LogP contribution in [0.15, 0.2) is 24.3 Å². The van der Waals surface area contributed by atoms with Gasteiger partial charge in [-0.25, -0.2) is 0 Å². The molecule has 128 valence electrons. The van der Waals surface area contributed by atoms with Crippen LogP contribution in [0, 0.1) is 11.8 Å². The molecule has 1 saturated carbocycles. The van der Waals surface area contributed by atoms with E-state index < -0.39 is 5.60 Å². The van der Waals surface area contributed by atoms with Gasteiger partial charge < -0.3 is 14.8 Å². The average molecular weight is 319 g/mol. The molecule has 0 aromatic heterocycles. The summed E-state index contributed by atoms with van der Waals surface area (Å²) < 4.78 is 11.5. The van der Waals surface area contributed by atoms with Crippen molar-refractivity contribution in [3.63, 3.8) is 0 Å². The van der Waals surface area contributed by atoms with E-state index in [4.69, 9.17) is 9.47 Å². The Balaban J connectivity index is 1.95. The fraction of sp³-hybridized carbons (Fsp3) is 0.632. The fourth-order valence-corrected chi connectivity index (χ4v) is 2.47. The van der Waals surface area contributed by atoms with Gasteiger partial charge in [-0.2, -0.15) is 0 Å². The quantitative estimate of drug-likeness (QED) is 0.740. The van der Waals surface area contributed by atoms with Gasteiger partial charge in [-0.05, 0) is 62.3 Å². The minimum atomic E-state index is -0.719. The Labute approximate surface area is 139 Å². The summed E-state index contributed by atoms with van der Waals surface area (Å²) in [6, 6.07) is 7.53. The molecule has 23 heavy (non-hydrogen) atoms. The number of hydrogen-bond donors (Lipinski definition) is 1. The molecule has 0 saturated heterocycles. The van der Waals surface area contributed by atoms with Gasteiger partial charge in [-0.15, -0.1) is 0 Å². The van der Waals surface area contributed by atoms with Crippen molar-refractivity contribution >= 4 is 11.6 Å². The van der Waals surface area contributed by atoms with Crippen molar-refractivity contribution in [1.82, 2.24) is 0 Å². The molecule has 0 unspecified atom stereocenters. The number of nitrogens with one attached hydrogen (secondary N) is 1. The van der Waals surface area contributed by atoms with Crippen molar-refractivity contribution < 1.29 is 14.3 Å². The lowest BCUT2D eigenvalue weighted by atomic mass is 9.98. The SMILES string of the molecule is CCCO[C@](C)(C(=O)Nc1ccc(OCC(C)C)cc1)C1CC1. The number of hydrogen-bond acceptors (Lipinski definition) is 3. The van der Waals surface area contributed by atoms with Gasteiger partial charge in [0, 0.05) is 12.3 Å². The third-order valence-corrected chi connectivity index (χ3v) is 4.11. The van der Waals surface area contributed by atoms with E-state index in [2.05, 4.69) is 26.1 Å². The second kappa shape index (κ2) is 7.82. The van der Waals surface area contributed by atoms with Gasteiger partial charge in [0.25, 0.3) is 5.91 Å². The molecule has 1 fully saturated rings. The smallest absolute Gasteiger partial charge is 0.256 e. The molecular formula is C19H29NO3. The molecule has 1 aliphatic rings. The molecule has 0 aliphatic heterocycles. The lowest BCUT2D eigenvalue weighted by Gasteiger charge is -2.28. The Hall–Kier alpha value is -1.55. The highest BCUT2D eigenvalue weighted by Crippen LogP contribution is 2.42. The molecule has 4 heteroatoms. The molecule has 1 aromatic carbocycles. The number of amides is 1. The fourth-order valence-electron chi connectivity index (χ4n) is 2.47. The highest BCUT2D eigenvalue weighted by atomic mass is 16.5. The van der Waals surface area contributed by atoms with Crippen molar-refractivity contribution in [2.75, 3.05) is 18.5 Å². The molecular weight excluding hydrogens is 290 g/mol. The molecule has 1 aliphatic carbocycles. The Morgan fingerprint density at radius 1 is 1.30 bits per heavy atom. The number of carbonyl (C=O) groups excluding carboxylic acids is 1. The van der Waals surface area contributed by atoms with Gasteiger partial charge in [0.05, 0.1) is 6.61 Å². The largest absolute Gasteiger partial charge is 0.493 e. The van der Waals surface area contributed by atoms with Crippen molar-refractivity contribution in [2.45, 2.75) is 52.6 Å². The van der Waals surface area contributed by atoms with Crippen LogP contribution in [0.4, 0.5) is 5.69 Å². The molecule has 2 rings (SSSR count). The Morgan fingerprint density at radius 2 is 1.96 bits per heavy atom. The number of rotatable bonds is 9. The van der Waals surface area contributed by atoms with Crippen LogP contribution in [0.25, 0.3) is 0 Å². The number of carbonyl (C=O) groups is 1. The highest BCUT2D eigenvalue weighted by molar-refractivity contribution is 5.97. The van der Waals surface area contributed by atoms with Gasteiger partial charge in [0.1, 0.15) is 11.4 Å². The molecule has 0 bridgehead atoms. The maximum atomic E-state index is 12.7. The molecule has 0 radical (unpaired) electrons. The zero-order valence-electron chi connectivity index (χ0n) is 14.7. The lowest BCUT2D eigenvalue weighted by Crippen LogP contribution is -2.45. The summed E-state index contributed by atoms with van der Waals surface area (Å²) in [5, 5.41) is 2.99. The van der Waals surface area contributed by atoms with Crippen LogP contribution in [0.5, 0.6) is 5.75 Å². The normalized spacial score (nSPS) is 16.9. The van der Waals surface area contributed by atoms with Crippen LogP contribution in [-0.2, 0) is 9.53 Å². The zero-order valence-corrected chi connectivity index (χ0v) is 14.7. The highest BCUT2D eigenvalue weighted by Gasteiger charge is 2.48. The van der Waals surface area contributed by atoms with Crippen molar-refractivity contribution in [3.8, 4) is 5.75 Å². The molecule has 0 spiro atoms. The van der Waals surface area contributed by atoms with Gasteiger partial charge in [0.2, 0.25) is 0 Å². The van der Waals surface area contributed by atoms with Gasteiger partial charge in [-0.3, -0.25) is 4.79 Å². The van der Waals surface area contributed by atoms with E-state index >= 15 is 0 Å². The molecule has 1 aromatic rings. The molecule has 1 N–H and O–H groups in total. The van der Waals surface area contributed by atoms with Crippen LogP contribution in [-0.4, -0.2) is 24.7 Å². The van der Waals surface area contributed by atoms with Crippen LogP contribution in [0.2, 0.25) is 0 Å². The first-order valence-electron chi connectivity index (χ1n) is 8.64. The number of ether oxygens (including phenoxy) is 2. The lowest BCUT2D eigenvalue weighted by molar-refractivity contribution is -0.142. The van der Waals surface area contributed by atoms with Crippen LogP contribution >= 0.6 is 0 Å². The maximum absolute atomic E-state index is 12.7. The van der Waals surface area contributed by atoms with Crippen molar-refractivity contribution in [1.29, 1.82) is 0 Å². The van der Waals surface area contributed by atoms with E-state index in [1.807, 2.05) is 31.2 Å². The maximum Gasteiger partial charge on any atom is 0.256 e. The second-order valence-electron chi connectivity index (χ2n) is 6.91. The first-order chi connectivity index (χ1) is 11.0. The molecule has 0 heterocycles. The van der Waals surface area contributed by atoms with Gasteiger partial charge in [-0.1, -0.05) is 20.8 Å². The first-order valence-corrected chi connectivity index (χ1v) is 8.64. The van der Waals surface area contributed by atoms with E-state index in [0.717, 1.165) is 30.7 Å². The van der Waals surface area contributed by atoms with Gasteiger partial charge in [0.15, 0.2) is 0 Å². The molecule has 4 nitrogen and oxygen atoms in total. The van der Waals surface area contributed by atoms with Crippen molar-refractivity contribution in [3.05, 3.63) is 24.3 Å². The van der Waals surface area contributed by atoms with Crippen LogP contribution < -0.4 is 10.1 Å². The third-order valence-electron chi connectivity index (χ3n) is 4.11. The topological polar surface area (TPSA) is 47.6 Å².